The Morgan fingerprint density at radius 3 is 3.04 bits per heavy atom. The van der Waals surface area contributed by atoms with Gasteiger partial charge >= 0.3 is 0 Å². The third kappa shape index (κ3) is 3.39. The minimum absolute atomic E-state index is 0.229. The first-order chi connectivity index (χ1) is 11.5. The van der Waals surface area contributed by atoms with Crippen LogP contribution in [0.4, 0.5) is 0 Å². The Kier molecular flexibility index (Phi) is 4.78. The smallest absolute Gasteiger partial charge is 0.287 e. The maximum atomic E-state index is 12.5. The summed E-state index contributed by atoms with van der Waals surface area (Å²) in [5.74, 6) is 0.672. The van der Waals surface area contributed by atoms with E-state index in [1.54, 1.807) is 13.2 Å². The average Bonchev–Trinajstić information content (AvgIpc) is 2.76. The average molecular weight is 332 g/mol. The highest BCUT2D eigenvalue weighted by Crippen LogP contribution is 2.28. The molecule has 1 aromatic carbocycles. The largest absolute Gasteiger partial charge is 0.497 e. The van der Waals surface area contributed by atoms with E-state index in [0.29, 0.717) is 24.2 Å². The Labute approximate surface area is 141 Å². The van der Waals surface area contributed by atoms with Gasteiger partial charge in [0.25, 0.3) is 5.91 Å². The summed E-state index contributed by atoms with van der Waals surface area (Å²) in [6.07, 6.45) is 2.20. The lowest BCUT2D eigenvalue weighted by atomic mass is 9.95. The molecule has 130 valence electrons. The molecule has 1 saturated heterocycles. The van der Waals surface area contributed by atoms with Gasteiger partial charge in [-0.25, -0.2) is 0 Å². The van der Waals surface area contributed by atoms with Crippen molar-refractivity contribution in [1.82, 2.24) is 10.6 Å². The van der Waals surface area contributed by atoms with Crippen molar-refractivity contribution in [3.8, 4) is 5.75 Å². The van der Waals surface area contributed by atoms with Crippen LogP contribution in [0.25, 0.3) is 11.0 Å². The molecule has 2 heterocycles. The maximum Gasteiger partial charge on any atom is 0.287 e. The van der Waals surface area contributed by atoms with Crippen LogP contribution in [0.1, 0.15) is 35.4 Å². The topological polar surface area (TPSA) is 83.7 Å². The van der Waals surface area contributed by atoms with Crippen LogP contribution in [0.2, 0.25) is 0 Å². The fourth-order valence-electron chi connectivity index (χ4n) is 3.16. The number of aryl methyl sites for hydroxylation is 1. The highest BCUT2D eigenvalue weighted by molar-refractivity contribution is 5.99. The van der Waals surface area contributed by atoms with Crippen molar-refractivity contribution in [2.75, 3.05) is 26.7 Å². The monoisotopic (exact) mass is 332 g/mol. The predicted molar refractivity (Wildman–Crippen MR) is 91.5 cm³/mol. The van der Waals surface area contributed by atoms with Crippen molar-refractivity contribution >= 4 is 16.9 Å². The van der Waals surface area contributed by atoms with Crippen molar-refractivity contribution in [1.29, 1.82) is 0 Å². The van der Waals surface area contributed by atoms with E-state index >= 15 is 0 Å². The maximum absolute atomic E-state index is 12.5. The fourth-order valence-corrected chi connectivity index (χ4v) is 3.16. The van der Waals surface area contributed by atoms with Crippen LogP contribution in [-0.2, 0) is 0 Å². The molecule has 6 heteroatoms. The van der Waals surface area contributed by atoms with Gasteiger partial charge in [-0.2, -0.15) is 0 Å². The highest BCUT2D eigenvalue weighted by Gasteiger charge is 2.29. The molecule has 1 aliphatic rings. The fraction of sp³-hybridized carbons (Fsp3) is 0.500. The number of carbonyl (C=O) groups excluding carboxylic acids is 1. The van der Waals surface area contributed by atoms with Gasteiger partial charge in [0.15, 0.2) is 5.76 Å². The zero-order valence-corrected chi connectivity index (χ0v) is 14.1. The molecule has 1 aromatic heterocycles. The van der Waals surface area contributed by atoms with Crippen LogP contribution in [-0.4, -0.2) is 43.4 Å². The van der Waals surface area contributed by atoms with Gasteiger partial charge in [0, 0.05) is 23.6 Å². The summed E-state index contributed by atoms with van der Waals surface area (Å²) in [6.45, 7) is 3.75. The Bertz CT molecular complexity index is 730. The second kappa shape index (κ2) is 6.83. The summed E-state index contributed by atoms with van der Waals surface area (Å²) in [5, 5.41) is 17.6. The number of amides is 1. The summed E-state index contributed by atoms with van der Waals surface area (Å²) in [5.41, 5.74) is 0.552. The van der Waals surface area contributed by atoms with E-state index in [1.165, 1.54) is 0 Å². The summed E-state index contributed by atoms with van der Waals surface area (Å²) in [7, 11) is 1.59. The number of nitrogens with one attached hydrogen (secondary N) is 2. The first kappa shape index (κ1) is 16.8. The molecule has 3 N–H and O–H groups in total. The van der Waals surface area contributed by atoms with Gasteiger partial charge in [-0.05, 0) is 51.4 Å². The highest BCUT2D eigenvalue weighted by atomic mass is 16.5. The Morgan fingerprint density at radius 1 is 1.42 bits per heavy atom. The van der Waals surface area contributed by atoms with Crippen LogP contribution in [0.5, 0.6) is 5.75 Å². The van der Waals surface area contributed by atoms with Crippen molar-refractivity contribution in [2.24, 2.45) is 0 Å². The lowest BCUT2D eigenvalue weighted by Gasteiger charge is -2.26. The second-order valence-electron chi connectivity index (χ2n) is 6.43. The quantitative estimate of drug-likeness (QED) is 0.797. The number of furan rings is 1. The molecular formula is C18H24N2O4. The molecule has 1 unspecified atom stereocenters. The van der Waals surface area contributed by atoms with E-state index in [9.17, 15) is 9.90 Å². The number of carbonyl (C=O) groups is 1. The number of fused-ring (bicyclic) bond motifs is 1. The van der Waals surface area contributed by atoms with Crippen molar-refractivity contribution in [3.05, 3.63) is 29.5 Å². The minimum Gasteiger partial charge on any atom is -0.497 e. The van der Waals surface area contributed by atoms with Gasteiger partial charge in [0.1, 0.15) is 11.3 Å². The van der Waals surface area contributed by atoms with Gasteiger partial charge < -0.3 is 24.9 Å². The van der Waals surface area contributed by atoms with Gasteiger partial charge in [-0.15, -0.1) is 0 Å². The Balaban J connectivity index is 1.75. The summed E-state index contributed by atoms with van der Waals surface area (Å²) in [4.78, 5) is 12.5. The lowest BCUT2D eigenvalue weighted by Crippen LogP contribution is -2.43. The number of benzene rings is 1. The number of aliphatic hydroxyl groups is 1. The van der Waals surface area contributed by atoms with E-state index in [0.717, 1.165) is 30.5 Å². The van der Waals surface area contributed by atoms with Gasteiger partial charge in [0.05, 0.1) is 12.7 Å². The first-order valence-electron chi connectivity index (χ1n) is 8.31. The van der Waals surface area contributed by atoms with E-state index in [2.05, 4.69) is 10.6 Å². The third-order valence-electron chi connectivity index (χ3n) is 4.69. The van der Waals surface area contributed by atoms with Crippen LogP contribution < -0.4 is 15.4 Å². The van der Waals surface area contributed by atoms with Crippen LogP contribution >= 0.6 is 0 Å². The first-order valence-corrected chi connectivity index (χ1v) is 8.31. The number of hydrogen-bond donors (Lipinski definition) is 3. The molecule has 24 heavy (non-hydrogen) atoms. The molecule has 3 rings (SSSR count). The molecular weight excluding hydrogens is 308 g/mol. The molecule has 2 aromatic rings. The van der Waals surface area contributed by atoms with E-state index in [4.69, 9.17) is 9.15 Å². The van der Waals surface area contributed by atoms with Gasteiger partial charge in [-0.1, -0.05) is 0 Å². The van der Waals surface area contributed by atoms with Crippen LogP contribution in [0.3, 0.4) is 0 Å². The molecule has 0 radical (unpaired) electrons. The molecule has 0 saturated carbocycles. The summed E-state index contributed by atoms with van der Waals surface area (Å²) >= 11 is 0. The molecule has 0 bridgehead atoms. The van der Waals surface area contributed by atoms with Crippen molar-refractivity contribution in [3.63, 3.8) is 0 Å². The molecule has 6 nitrogen and oxygen atoms in total. The third-order valence-corrected chi connectivity index (χ3v) is 4.69. The Morgan fingerprint density at radius 2 is 2.25 bits per heavy atom. The van der Waals surface area contributed by atoms with Crippen LogP contribution in [0, 0.1) is 6.92 Å². The second-order valence-corrected chi connectivity index (χ2v) is 6.43. The Hall–Kier alpha value is -2.05. The lowest BCUT2D eigenvalue weighted by molar-refractivity contribution is 0.0272. The van der Waals surface area contributed by atoms with Gasteiger partial charge in [0.2, 0.25) is 0 Å². The molecule has 0 spiro atoms. The predicted octanol–water partition coefficient (Wildman–Crippen LogP) is 1.98. The zero-order valence-electron chi connectivity index (χ0n) is 14.1. The number of ether oxygens (including phenoxy) is 1. The van der Waals surface area contributed by atoms with Crippen LogP contribution in [0.15, 0.2) is 22.6 Å². The molecule has 1 aliphatic heterocycles. The zero-order chi connectivity index (χ0) is 17.2. The van der Waals surface area contributed by atoms with E-state index < -0.39 is 5.60 Å². The van der Waals surface area contributed by atoms with E-state index in [-0.39, 0.29) is 18.2 Å². The molecule has 1 amide bonds. The standard InChI is InChI=1S/C18H24N2O4/c1-12-14-5-4-13(23-2)10-15(14)24-16(12)17(21)20-11-18(22)6-3-8-19-9-7-18/h4-5,10,19,22H,3,6-9,11H2,1-2H3,(H,20,21). The number of rotatable bonds is 4. The molecule has 0 aliphatic carbocycles. The SMILES string of the molecule is COc1ccc2c(C)c(C(=O)NCC3(O)CCCNCC3)oc2c1. The number of hydrogen-bond acceptors (Lipinski definition) is 5. The number of methoxy groups -OCH3 is 1. The minimum atomic E-state index is -0.859. The normalized spacial score (nSPS) is 21.5. The van der Waals surface area contributed by atoms with Crippen molar-refractivity contribution in [2.45, 2.75) is 31.8 Å². The molecule has 1 atom stereocenters. The molecule has 1 fully saturated rings. The van der Waals surface area contributed by atoms with Crippen molar-refractivity contribution < 1.29 is 19.1 Å². The van der Waals surface area contributed by atoms with E-state index in [1.807, 2.05) is 19.1 Å². The van der Waals surface area contributed by atoms with Gasteiger partial charge in [-0.3, -0.25) is 4.79 Å². The summed E-state index contributed by atoms with van der Waals surface area (Å²) in [6, 6.07) is 5.49. The summed E-state index contributed by atoms with van der Waals surface area (Å²) < 4.78 is 10.9.